The van der Waals surface area contributed by atoms with Gasteiger partial charge in [-0.15, -0.1) is 0 Å². The number of benzene rings is 1. The van der Waals surface area contributed by atoms with Crippen molar-refractivity contribution < 1.29 is 4.79 Å². The topological polar surface area (TPSA) is 56.9 Å². The Balaban J connectivity index is 2.07. The second kappa shape index (κ2) is 6.20. The van der Waals surface area contributed by atoms with Crippen molar-refractivity contribution in [2.75, 3.05) is 11.9 Å². The van der Waals surface area contributed by atoms with Gasteiger partial charge in [-0.05, 0) is 37.2 Å². The van der Waals surface area contributed by atoms with E-state index in [4.69, 9.17) is 0 Å². The number of H-pyrrole nitrogens is 1. The number of aromatic nitrogens is 1. The van der Waals surface area contributed by atoms with Gasteiger partial charge in [0, 0.05) is 24.1 Å². The minimum atomic E-state index is -0.0839. The van der Waals surface area contributed by atoms with Gasteiger partial charge in [0.2, 0.25) is 0 Å². The number of carbonyl (C=O) groups is 1. The number of amides is 1. The van der Waals surface area contributed by atoms with Crippen LogP contribution in [0.25, 0.3) is 0 Å². The van der Waals surface area contributed by atoms with Gasteiger partial charge < -0.3 is 15.6 Å². The standard InChI is InChI=1S/C15H19N3O/c1-3-16-10-12-5-4-6-13(9-12)18-15(19)14-7-8-17-11(14)2/h4-9,16-17H,3,10H2,1-2H3,(H,18,19). The number of rotatable bonds is 5. The number of aromatic amines is 1. The van der Waals surface area contributed by atoms with Crippen molar-refractivity contribution in [1.82, 2.24) is 10.3 Å². The Kier molecular flexibility index (Phi) is 4.36. The third-order valence-electron chi connectivity index (χ3n) is 2.96. The van der Waals surface area contributed by atoms with Crippen molar-refractivity contribution in [3.63, 3.8) is 0 Å². The summed E-state index contributed by atoms with van der Waals surface area (Å²) in [7, 11) is 0. The molecular weight excluding hydrogens is 238 g/mol. The number of aryl methyl sites for hydroxylation is 1. The second-order valence-electron chi connectivity index (χ2n) is 4.45. The molecule has 0 aliphatic rings. The van der Waals surface area contributed by atoms with Crippen LogP contribution in [0.15, 0.2) is 36.5 Å². The lowest BCUT2D eigenvalue weighted by Crippen LogP contribution is -2.14. The summed E-state index contributed by atoms with van der Waals surface area (Å²) in [6, 6.07) is 9.66. The fourth-order valence-corrected chi connectivity index (χ4v) is 1.93. The fraction of sp³-hybridized carbons (Fsp3) is 0.267. The molecule has 0 saturated carbocycles. The third kappa shape index (κ3) is 3.45. The number of nitrogens with one attached hydrogen (secondary N) is 3. The van der Waals surface area contributed by atoms with E-state index in [0.29, 0.717) is 5.56 Å². The summed E-state index contributed by atoms with van der Waals surface area (Å²) in [5, 5.41) is 6.18. The van der Waals surface area contributed by atoms with Crippen molar-refractivity contribution in [1.29, 1.82) is 0 Å². The molecule has 19 heavy (non-hydrogen) atoms. The van der Waals surface area contributed by atoms with E-state index >= 15 is 0 Å². The molecule has 3 N–H and O–H groups in total. The lowest BCUT2D eigenvalue weighted by atomic mass is 10.2. The van der Waals surface area contributed by atoms with Gasteiger partial charge in [0.25, 0.3) is 5.91 Å². The van der Waals surface area contributed by atoms with Crippen molar-refractivity contribution in [3.8, 4) is 0 Å². The highest BCUT2D eigenvalue weighted by molar-refractivity contribution is 6.05. The first-order valence-corrected chi connectivity index (χ1v) is 6.45. The highest BCUT2D eigenvalue weighted by atomic mass is 16.1. The maximum absolute atomic E-state index is 12.1. The van der Waals surface area contributed by atoms with Crippen molar-refractivity contribution >= 4 is 11.6 Å². The summed E-state index contributed by atoms with van der Waals surface area (Å²) < 4.78 is 0. The molecule has 0 saturated heterocycles. The summed E-state index contributed by atoms with van der Waals surface area (Å²) in [5.74, 6) is -0.0839. The molecule has 1 aromatic carbocycles. The molecule has 0 aliphatic carbocycles. The van der Waals surface area contributed by atoms with E-state index in [1.165, 1.54) is 0 Å². The Hall–Kier alpha value is -2.07. The van der Waals surface area contributed by atoms with E-state index in [1.54, 1.807) is 12.3 Å². The predicted octanol–water partition coefficient (Wildman–Crippen LogP) is 2.68. The molecule has 0 bridgehead atoms. The average Bonchev–Trinajstić information content (AvgIpc) is 2.83. The lowest BCUT2D eigenvalue weighted by molar-refractivity contribution is 0.102. The van der Waals surface area contributed by atoms with Gasteiger partial charge in [0.05, 0.1) is 5.56 Å². The molecule has 0 unspecified atom stereocenters. The quantitative estimate of drug-likeness (QED) is 0.771. The lowest BCUT2D eigenvalue weighted by Gasteiger charge is -2.07. The number of hydrogen-bond acceptors (Lipinski definition) is 2. The largest absolute Gasteiger partial charge is 0.365 e. The number of anilines is 1. The van der Waals surface area contributed by atoms with Crippen LogP contribution in [0.1, 0.15) is 28.5 Å². The maximum atomic E-state index is 12.1. The van der Waals surface area contributed by atoms with Crippen LogP contribution in [-0.2, 0) is 6.54 Å². The van der Waals surface area contributed by atoms with Crippen molar-refractivity contribution in [2.24, 2.45) is 0 Å². The summed E-state index contributed by atoms with van der Waals surface area (Å²) in [6.07, 6.45) is 1.77. The van der Waals surface area contributed by atoms with Crippen LogP contribution in [0.5, 0.6) is 0 Å². The smallest absolute Gasteiger partial charge is 0.257 e. The molecular formula is C15H19N3O. The maximum Gasteiger partial charge on any atom is 0.257 e. The second-order valence-corrected chi connectivity index (χ2v) is 4.45. The minimum absolute atomic E-state index is 0.0839. The van der Waals surface area contributed by atoms with Gasteiger partial charge in [0.15, 0.2) is 0 Å². The van der Waals surface area contributed by atoms with Gasteiger partial charge in [0.1, 0.15) is 0 Å². The van der Waals surface area contributed by atoms with Crippen LogP contribution in [0.2, 0.25) is 0 Å². The molecule has 1 amide bonds. The molecule has 4 heteroatoms. The Morgan fingerprint density at radius 3 is 2.84 bits per heavy atom. The predicted molar refractivity (Wildman–Crippen MR) is 77.3 cm³/mol. The molecule has 1 heterocycles. The first-order chi connectivity index (χ1) is 9.20. The van der Waals surface area contributed by atoms with Crippen molar-refractivity contribution in [2.45, 2.75) is 20.4 Å². The minimum Gasteiger partial charge on any atom is -0.365 e. The van der Waals surface area contributed by atoms with E-state index in [0.717, 1.165) is 30.0 Å². The van der Waals surface area contributed by atoms with Gasteiger partial charge in [-0.1, -0.05) is 19.1 Å². The van der Waals surface area contributed by atoms with E-state index < -0.39 is 0 Å². The third-order valence-corrected chi connectivity index (χ3v) is 2.96. The zero-order valence-electron chi connectivity index (χ0n) is 11.3. The molecule has 0 radical (unpaired) electrons. The van der Waals surface area contributed by atoms with Crippen LogP contribution in [0.3, 0.4) is 0 Å². The molecule has 4 nitrogen and oxygen atoms in total. The molecule has 100 valence electrons. The summed E-state index contributed by atoms with van der Waals surface area (Å²) in [6.45, 7) is 5.69. The normalized spacial score (nSPS) is 10.4. The fourth-order valence-electron chi connectivity index (χ4n) is 1.93. The van der Waals surface area contributed by atoms with E-state index in [1.807, 2.05) is 31.2 Å². The van der Waals surface area contributed by atoms with Gasteiger partial charge >= 0.3 is 0 Å². The Morgan fingerprint density at radius 1 is 1.32 bits per heavy atom. The van der Waals surface area contributed by atoms with Crippen LogP contribution in [0.4, 0.5) is 5.69 Å². The highest BCUT2D eigenvalue weighted by Crippen LogP contribution is 2.13. The number of hydrogen-bond donors (Lipinski definition) is 3. The van der Waals surface area contributed by atoms with Gasteiger partial charge in [-0.3, -0.25) is 4.79 Å². The molecule has 0 aliphatic heterocycles. The average molecular weight is 257 g/mol. The van der Waals surface area contributed by atoms with Gasteiger partial charge in [-0.25, -0.2) is 0 Å². The Bertz CT molecular complexity index is 560. The Morgan fingerprint density at radius 2 is 2.16 bits per heavy atom. The molecule has 0 atom stereocenters. The summed E-state index contributed by atoms with van der Waals surface area (Å²) >= 11 is 0. The molecule has 2 rings (SSSR count). The molecule has 2 aromatic rings. The molecule has 0 spiro atoms. The molecule has 0 fully saturated rings. The van der Waals surface area contributed by atoms with Crippen molar-refractivity contribution in [3.05, 3.63) is 53.3 Å². The zero-order valence-corrected chi connectivity index (χ0v) is 11.3. The van der Waals surface area contributed by atoms with Crippen LogP contribution in [0, 0.1) is 6.92 Å². The van der Waals surface area contributed by atoms with Gasteiger partial charge in [-0.2, -0.15) is 0 Å². The van der Waals surface area contributed by atoms with Crippen LogP contribution in [-0.4, -0.2) is 17.4 Å². The van der Waals surface area contributed by atoms with E-state index in [-0.39, 0.29) is 5.91 Å². The Labute approximate surface area is 113 Å². The zero-order chi connectivity index (χ0) is 13.7. The van der Waals surface area contributed by atoms with E-state index in [9.17, 15) is 4.79 Å². The van der Waals surface area contributed by atoms with Crippen LogP contribution >= 0.6 is 0 Å². The SMILES string of the molecule is CCNCc1cccc(NC(=O)c2cc[nH]c2C)c1. The number of carbonyl (C=O) groups excluding carboxylic acids is 1. The van der Waals surface area contributed by atoms with E-state index in [2.05, 4.69) is 22.5 Å². The summed E-state index contributed by atoms with van der Waals surface area (Å²) in [5.41, 5.74) is 3.53. The first-order valence-electron chi connectivity index (χ1n) is 6.45. The first kappa shape index (κ1) is 13.4. The molecule has 1 aromatic heterocycles. The highest BCUT2D eigenvalue weighted by Gasteiger charge is 2.09. The monoisotopic (exact) mass is 257 g/mol. The summed E-state index contributed by atoms with van der Waals surface area (Å²) in [4.78, 5) is 15.1. The van der Waals surface area contributed by atoms with Crippen LogP contribution < -0.4 is 10.6 Å².